The van der Waals surface area contributed by atoms with Crippen LogP contribution in [0.4, 0.5) is 11.4 Å². The van der Waals surface area contributed by atoms with E-state index in [0.717, 1.165) is 22.6 Å². The minimum Gasteiger partial charge on any atom is -0.310 e. The third kappa shape index (κ3) is 7.12. The smallest absolute Gasteiger partial charge is 0.0540 e. The molecule has 2 unspecified atom stereocenters. The fourth-order valence-corrected chi connectivity index (χ4v) is 11.3. The number of hydrogen-bond donors (Lipinski definition) is 0. The van der Waals surface area contributed by atoms with Crippen LogP contribution in [0.25, 0.3) is 55.6 Å². The number of para-hydroxylation sites is 1. The largest absolute Gasteiger partial charge is 0.310 e. The zero-order chi connectivity index (χ0) is 45.3. The normalized spacial score (nSPS) is 15.5. The van der Waals surface area contributed by atoms with Crippen LogP contribution in [-0.2, 0) is 5.41 Å². The van der Waals surface area contributed by atoms with Gasteiger partial charge in [-0.3, -0.25) is 0 Å². The van der Waals surface area contributed by atoms with Crippen LogP contribution >= 0.6 is 0 Å². The van der Waals surface area contributed by atoms with Gasteiger partial charge in [-0.15, -0.1) is 0 Å². The van der Waals surface area contributed by atoms with Gasteiger partial charge in [-0.25, -0.2) is 0 Å². The average Bonchev–Trinajstić information content (AvgIpc) is 3.73. The van der Waals surface area contributed by atoms with Crippen molar-refractivity contribution in [2.24, 2.45) is 5.92 Å². The van der Waals surface area contributed by atoms with Gasteiger partial charge in [-0.1, -0.05) is 255 Å². The van der Waals surface area contributed by atoms with Crippen molar-refractivity contribution >= 4 is 11.4 Å². The maximum absolute atomic E-state index is 2.56. The summed E-state index contributed by atoms with van der Waals surface area (Å²) in [6.07, 6.45) is 7.48. The van der Waals surface area contributed by atoms with Crippen LogP contribution < -0.4 is 4.90 Å². The third-order valence-electron chi connectivity index (χ3n) is 14.3. The highest BCUT2D eigenvalue weighted by atomic mass is 15.1. The summed E-state index contributed by atoms with van der Waals surface area (Å²) < 4.78 is 0. The van der Waals surface area contributed by atoms with Gasteiger partial charge >= 0.3 is 0 Å². The fraction of sp³-hybridized carbons (Fsp3) is 0.0448. The molecular formula is C67H49N. The van der Waals surface area contributed by atoms with Gasteiger partial charge in [0.1, 0.15) is 0 Å². The van der Waals surface area contributed by atoms with Gasteiger partial charge in [-0.2, -0.15) is 0 Å². The Hall–Kier alpha value is -8.52. The summed E-state index contributed by atoms with van der Waals surface area (Å²) >= 11 is 0. The minimum atomic E-state index is -0.369. The molecule has 1 nitrogen and oxygen atoms in total. The van der Waals surface area contributed by atoms with Crippen LogP contribution in [0, 0.1) is 5.92 Å². The number of allylic oxidation sites excluding steroid dienone is 3. The molecule has 2 aliphatic carbocycles. The van der Waals surface area contributed by atoms with E-state index in [1.807, 2.05) is 0 Å². The molecular weight excluding hydrogens is 819 g/mol. The van der Waals surface area contributed by atoms with Crippen molar-refractivity contribution in [1.29, 1.82) is 0 Å². The Morgan fingerprint density at radius 2 is 0.794 bits per heavy atom. The number of benzene rings is 10. The van der Waals surface area contributed by atoms with E-state index >= 15 is 0 Å². The molecule has 0 heterocycles. The number of anilines is 2. The SMILES string of the molecule is C1=CC2C(C=C1N(c1ccc(-c3cccc(-c4ccccc4)c3)cc1)c1ccccc1-c1ccccc1-c1ccccc1-c1ccccc1)c1ccccc1C2(c1ccccc1)c1ccccc1. The Morgan fingerprint density at radius 3 is 1.43 bits per heavy atom. The quantitative estimate of drug-likeness (QED) is 0.132. The van der Waals surface area contributed by atoms with E-state index in [1.54, 1.807) is 0 Å². The lowest BCUT2D eigenvalue weighted by atomic mass is 9.63. The molecule has 2 aliphatic rings. The second-order valence-corrected chi connectivity index (χ2v) is 17.9. The van der Waals surface area contributed by atoms with Crippen LogP contribution in [0.1, 0.15) is 28.2 Å². The molecule has 0 N–H and O–H groups in total. The standard InChI is InChI=1S/C67H49N/c1-5-22-48(23-6-1)51-26-21-27-52(46-51)49-40-42-55(43-41-49)68(66-39-20-18-37-62(66)60-35-16-15-34-59(60)58-33-14-13-32-57(58)50-24-7-2-8-25-50)56-44-45-65-63(47-56)61-36-17-19-38-64(61)67(65,53-28-9-3-10-29-53)54-30-11-4-12-31-54/h1-47,63,65H. The van der Waals surface area contributed by atoms with Crippen LogP contribution in [0.15, 0.2) is 291 Å². The Kier molecular flexibility index (Phi) is 10.7. The highest BCUT2D eigenvalue weighted by Crippen LogP contribution is 2.60. The number of fused-ring (bicyclic) bond motifs is 3. The van der Waals surface area contributed by atoms with Crippen LogP contribution in [0.5, 0.6) is 0 Å². The van der Waals surface area contributed by atoms with Gasteiger partial charge in [-0.05, 0) is 103 Å². The first-order valence-electron chi connectivity index (χ1n) is 23.8. The first kappa shape index (κ1) is 40.9. The van der Waals surface area contributed by atoms with E-state index in [2.05, 4.69) is 290 Å². The van der Waals surface area contributed by atoms with Crippen molar-refractivity contribution < 1.29 is 0 Å². The highest BCUT2D eigenvalue weighted by molar-refractivity contribution is 5.96. The summed E-state index contributed by atoms with van der Waals surface area (Å²) in [4.78, 5) is 2.50. The van der Waals surface area contributed by atoms with Crippen LogP contribution in [0.2, 0.25) is 0 Å². The number of hydrogen-bond acceptors (Lipinski definition) is 1. The first-order chi connectivity index (χ1) is 33.8. The Labute approximate surface area is 400 Å². The summed E-state index contributed by atoms with van der Waals surface area (Å²) in [5.41, 5.74) is 20.3. The first-order valence-corrected chi connectivity index (χ1v) is 23.8. The van der Waals surface area contributed by atoms with E-state index in [1.165, 1.54) is 72.3 Å². The Bertz CT molecular complexity index is 3400. The summed E-state index contributed by atoms with van der Waals surface area (Å²) in [5, 5.41) is 0. The van der Waals surface area contributed by atoms with E-state index in [0.29, 0.717) is 0 Å². The van der Waals surface area contributed by atoms with Gasteiger partial charge < -0.3 is 4.90 Å². The molecule has 0 saturated carbocycles. The number of rotatable bonds is 10. The monoisotopic (exact) mass is 867 g/mol. The molecule has 12 rings (SSSR count). The maximum atomic E-state index is 2.56. The summed E-state index contributed by atoms with van der Waals surface area (Å²) in [5.74, 6) is 0.270. The lowest BCUT2D eigenvalue weighted by molar-refractivity contribution is 0.455. The van der Waals surface area contributed by atoms with E-state index < -0.39 is 0 Å². The molecule has 68 heavy (non-hydrogen) atoms. The van der Waals surface area contributed by atoms with Crippen molar-refractivity contribution in [3.05, 3.63) is 313 Å². The summed E-state index contributed by atoms with van der Waals surface area (Å²) in [7, 11) is 0. The molecule has 322 valence electrons. The predicted molar refractivity (Wildman–Crippen MR) is 285 cm³/mol. The van der Waals surface area contributed by atoms with Crippen molar-refractivity contribution in [2.45, 2.75) is 11.3 Å². The molecule has 0 bridgehead atoms. The van der Waals surface area contributed by atoms with E-state index in [4.69, 9.17) is 0 Å². The molecule has 0 saturated heterocycles. The Morgan fingerprint density at radius 1 is 0.338 bits per heavy atom. The van der Waals surface area contributed by atoms with Crippen LogP contribution in [0.3, 0.4) is 0 Å². The average molecular weight is 868 g/mol. The third-order valence-corrected chi connectivity index (χ3v) is 14.3. The molecule has 10 aromatic rings. The molecule has 0 aliphatic heterocycles. The maximum Gasteiger partial charge on any atom is 0.0540 e. The molecule has 1 heteroatoms. The zero-order valence-corrected chi connectivity index (χ0v) is 37.7. The zero-order valence-electron chi connectivity index (χ0n) is 37.7. The molecule has 10 aromatic carbocycles. The Balaban J connectivity index is 1.03. The van der Waals surface area contributed by atoms with Gasteiger partial charge in [0.25, 0.3) is 0 Å². The predicted octanol–water partition coefficient (Wildman–Crippen LogP) is 17.4. The lowest BCUT2D eigenvalue weighted by Crippen LogP contribution is -2.35. The lowest BCUT2D eigenvalue weighted by Gasteiger charge is -2.40. The molecule has 0 radical (unpaired) electrons. The van der Waals surface area contributed by atoms with Crippen molar-refractivity contribution in [3.63, 3.8) is 0 Å². The topological polar surface area (TPSA) is 3.24 Å². The molecule has 0 fully saturated rings. The fourth-order valence-electron chi connectivity index (χ4n) is 11.3. The second-order valence-electron chi connectivity index (χ2n) is 17.9. The second kappa shape index (κ2) is 17.7. The van der Waals surface area contributed by atoms with E-state index in [9.17, 15) is 0 Å². The molecule has 2 atom stereocenters. The molecule has 0 amide bonds. The van der Waals surface area contributed by atoms with E-state index in [-0.39, 0.29) is 17.3 Å². The highest BCUT2D eigenvalue weighted by Gasteiger charge is 2.53. The number of nitrogens with zero attached hydrogens (tertiary/aromatic N) is 1. The van der Waals surface area contributed by atoms with Crippen molar-refractivity contribution in [1.82, 2.24) is 0 Å². The molecule has 0 spiro atoms. The summed E-state index contributed by atoms with van der Waals surface area (Å²) in [6.45, 7) is 0. The van der Waals surface area contributed by atoms with Gasteiger partial charge in [0.15, 0.2) is 0 Å². The van der Waals surface area contributed by atoms with Gasteiger partial charge in [0, 0.05) is 28.8 Å². The minimum absolute atomic E-state index is 0.117. The summed E-state index contributed by atoms with van der Waals surface area (Å²) in [6, 6.07) is 97.7. The van der Waals surface area contributed by atoms with Gasteiger partial charge in [0.05, 0.1) is 11.1 Å². The molecule has 0 aromatic heterocycles. The van der Waals surface area contributed by atoms with Gasteiger partial charge in [0.2, 0.25) is 0 Å². The van der Waals surface area contributed by atoms with Crippen LogP contribution in [-0.4, -0.2) is 0 Å². The van der Waals surface area contributed by atoms with Crippen molar-refractivity contribution in [2.75, 3.05) is 4.90 Å². The van der Waals surface area contributed by atoms with Crippen molar-refractivity contribution in [3.8, 4) is 55.6 Å².